The van der Waals surface area contributed by atoms with Crippen LogP contribution in [0.25, 0.3) is 0 Å². The zero-order valence-electron chi connectivity index (χ0n) is 7.42. The molecule has 0 amide bonds. The molecular weight excluding hydrogens is 140 g/mol. The van der Waals surface area contributed by atoms with Crippen molar-refractivity contribution in [1.82, 2.24) is 0 Å². The average Bonchev–Trinajstić information content (AvgIpc) is 2.44. The number of hydrogen-bond donors (Lipinski definition) is 1. The highest BCUT2D eigenvalue weighted by atomic mass is 16.3. The number of ketones is 1. The van der Waals surface area contributed by atoms with Crippen LogP contribution in [0.2, 0.25) is 0 Å². The van der Waals surface area contributed by atoms with Crippen molar-refractivity contribution >= 4 is 5.78 Å². The summed E-state index contributed by atoms with van der Waals surface area (Å²) in [4.78, 5) is 11.3. The van der Waals surface area contributed by atoms with E-state index in [2.05, 4.69) is 0 Å². The second-order valence-corrected chi connectivity index (χ2v) is 4.44. The van der Waals surface area contributed by atoms with Gasteiger partial charge in [-0.3, -0.25) is 4.79 Å². The Kier molecular flexibility index (Phi) is 2.06. The van der Waals surface area contributed by atoms with Crippen molar-refractivity contribution in [3.63, 3.8) is 0 Å². The van der Waals surface area contributed by atoms with Crippen molar-refractivity contribution in [3.8, 4) is 0 Å². The Hall–Kier alpha value is -0.370. The molecule has 1 aliphatic rings. The van der Waals surface area contributed by atoms with Gasteiger partial charge in [0.25, 0.3) is 0 Å². The molecule has 0 aromatic carbocycles. The highest BCUT2D eigenvalue weighted by Crippen LogP contribution is 2.35. The van der Waals surface area contributed by atoms with E-state index in [1.807, 2.05) is 20.8 Å². The summed E-state index contributed by atoms with van der Waals surface area (Å²) in [7, 11) is 0. The summed E-state index contributed by atoms with van der Waals surface area (Å²) in [5, 5.41) is 8.99. The molecule has 2 heteroatoms. The molecule has 0 aliphatic heterocycles. The molecule has 0 heterocycles. The molecular formula is C9H16O2. The summed E-state index contributed by atoms with van der Waals surface area (Å²) >= 11 is 0. The zero-order valence-corrected chi connectivity index (χ0v) is 7.42. The van der Waals surface area contributed by atoms with Crippen LogP contribution in [-0.2, 0) is 4.79 Å². The van der Waals surface area contributed by atoms with E-state index in [1.165, 1.54) is 0 Å². The van der Waals surface area contributed by atoms with Gasteiger partial charge >= 0.3 is 0 Å². The number of carbonyl (C=O) groups excluding carboxylic acids is 1. The fourth-order valence-electron chi connectivity index (χ4n) is 0.995. The topological polar surface area (TPSA) is 37.3 Å². The van der Waals surface area contributed by atoms with Gasteiger partial charge in [-0.1, -0.05) is 20.8 Å². The molecule has 0 aromatic rings. The monoisotopic (exact) mass is 156 g/mol. The van der Waals surface area contributed by atoms with Gasteiger partial charge in [0.2, 0.25) is 0 Å². The summed E-state index contributed by atoms with van der Waals surface area (Å²) in [5.74, 6) is 0.528. The maximum absolute atomic E-state index is 11.3. The van der Waals surface area contributed by atoms with Crippen LogP contribution in [0, 0.1) is 11.3 Å². The lowest BCUT2D eigenvalue weighted by Crippen LogP contribution is -2.20. The van der Waals surface area contributed by atoms with Crippen LogP contribution < -0.4 is 0 Å². The fraction of sp³-hybridized carbons (Fsp3) is 0.889. The summed E-state index contributed by atoms with van der Waals surface area (Å²) in [6, 6.07) is 0. The predicted octanol–water partition coefficient (Wildman–Crippen LogP) is 1.37. The largest absolute Gasteiger partial charge is 0.393 e. The first-order chi connectivity index (χ1) is 4.91. The normalized spacial score (nSPS) is 30.2. The fourth-order valence-corrected chi connectivity index (χ4v) is 0.995. The smallest absolute Gasteiger partial charge is 0.138 e. The third-order valence-electron chi connectivity index (χ3n) is 2.17. The van der Waals surface area contributed by atoms with Crippen LogP contribution in [-0.4, -0.2) is 17.0 Å². The second-order valence-electron chi connectivity index (χ2n) is 4.44. The van der Waals surface area contributed by atoms with Crippen molar-refractivity contribution in [2.75, 3.05) is 0 Å². The van der Waals surface area contributed by atoms with Crippen LogP contribution in [0.15, 0.2) is 0 Å². The number of aliphatic hydroxyl groups excluding tert-OH is 1. The molecule has 1 saturated carbocycles. The Balaban J connectivity index is 2.33. The number of Topliss-reactive ketones (excluding diaryl/α,β-unsaturated/α-hetero) is 1. The van der Waals surface area contributed by atoms with E-state index in [9.17, 15) is 4.79 Å². The molecule has 2 nitrogen and oxygen atoms in total. The van der Waals surface area contributed by atoms with E-state index in [1.54, 1.807) is 0 Å². The third-order valence-corrected chi connectivity index (χ3v) is 2.17. The van der Waals surface area contributed by atoms with Crippen molar-refractivity contribution in [2.24, 2.45) is 11.3 Å². The Morgan fingerprint density at radius 1 is 1.55 bits per heavy atom. The van der Waals surface area contributed by atoms with E-state index in [4.69, 9.17) is 5.11 Å². The first kappa shape index (κ1) is 8.72. The van der Waals surface area contributed by atoms with Gasteiger partial charge in [-0.2, -0.15) is 0 Å². The molecule has 1 aliphatic carbocycles. The molecule has 2 unspecified atom stereocenters. The number of carbonyl (C=O) groups is 1. The minimum atomic E-state index is -0.234. The first-order valence-electron chi connectivity index (χ1n) is 4.12. The van der Waals surface area contributed by atoms with Gasteiger partial charge in [0.05, 0.1) is 6.10 Å². The lowest BCUT2D eigenvalue weighted by atomic mass is 9.88. The number of hydrogen-bond acceptors (Lipinski definition) is 2. The first-order valence-corrected chi connectivity index (χ1v) is 4.12. The third kappa shape index (κ3) is 2.29. The van der Waals surface area contributed by atoms with Crippen molar-refractivity contribution in [2.45, 2.75) is 39.7 Å². The molecule has 0 spiro atoms. The molecule has 0 saturated heterocycles. The standard InChI is InChI=1S/C9H16O2/c1-9(2,3)8(11)5-6-4-7(6)10/h6-7,10H,4-5H2,1-3H3. The Labute approximate surface area is 67.6 Å². The van der Waals surface area contributed by atoms with E-state index in [0.717, 1.165) is 6.42 Å². The lowest BCUT2D eigenvalue weighted by Gasteiger charge is -2.15. The zero-order chi connectivity index (χ0) is 8.65. The van der Waals surface area contributed by atoms with Gasteiger partial charge in [0.15, 0.2) is 0 Å². The van der Waals surface area contributed by atoms with Crippen LogP contribution in [0.4, 0.5) is 0 Å². The molecule has 2 atom stereocenters. The van der Waals surface area contributed by atoms with Crippen molar-refractivity contribution in [1.29, 1.82) is 0 Å². The van der Waals surface area contributed by atoms with Crippen LogP contribution >= 0.6 is 0 Å². The van der Waals surface area contributed by atoms with Crippen molar-refractivity contribution in [3.05, 3.63) is 0 Å². The molecule has 64 valence electrons. The maximum Gasteiger partial charge on any atom is 0.138 e. The molecule has 0 aromatic heterocycles. The number of rotatable bonds is 2. The van der Waals surface area contributed by atoms with Crippen molar-refractivity contribution < 1.29 is 9.90 Å². The van der Waals surface area contributed by atoms with E-state index < -0.39 is 0 Å². The molecule has 1 N–H and O–H groups in total. The quantitative estimate of drug-likeness (QED) is 0.655. The van der Waals surface area contributed by atoms with Gasteiger partial charge in [-0.05, 0) is 12.3 Å². The van der Waals surface area contributed by atoms with Gasteiger partial charge < -0.3 is 5.11 Å². The van der Waals surface area contributed by atoms with Gasteiger partial charge in [-0.25, -0.2) is 0 Å². The summed E-state index contributed by atoms with van der Waals surface area (Å²) in [6.45, 7) is 5.76. The average molecular weight is 156 g/mol. The molecule has 1 fully saturated rings. The second kappa shape index (κ2) is 2.59. The van der Waals surface area contributed by atoms with E-state index in [0.29, 0.717) is 6.42 Å². The van der Waals surface area contributed by atoms with E-state index in [-0.39, 0.29) is 23.2 Å². The van der Waals surface area contributed by atoms with Crippen LogP contribution in [0.5, 0.6) is 0 Å². The van der Waals surface area contributed by atoms with Gasteiger partial charge in [0, 0.05) is 11.8 Å². The summed E-state index contributed by atoms with van der Waals surface area (Å²) in [6.07, 6.45) is 1.19. The van der Waals surface area contributed by atoms with E-state index >= 15 is 0 Å². The van der Waals surface area contributed by atoms with Gasteiger partial charge in [0.1, 0.15) is 5.78 Å². The molecule has 1 rings (SSSR count). The molecule has 0 radical (unpaired) electrons. The Morgan fingerprint density at radius 3 is 2.27 bits per heavy atom. The number of aliphatic hydroxyl groups is 1. The minimum Gasteiger partial charge on any atom is -0.393 e. The highest BCUT2D eigenvalue weighted by molar-refractivity contribution is 5.84. The van der Waals surface area contributed by atoms with Crippen LogP contribution in [0.1, 0.15) is 33.6 Å². The maximum atomic E-state index is 11.3. The highest BCUT2D eigenvalue weighted by Gasteiger charge is 2.38. The Morgan fingerprint density at radius 2 is 2.00 bits per heavy atom. The van der Waals surface area contributed by atoms with Gasteiger partial charge in [-0.15, -0.1) is 0 Å². The minimum absolute atomic E-state index is 0.193. The van der Waals surface area contributed by atoms with Crippen LogP contribution in [0.3, 0.4) is 0 Å². The molecule has 0 bridgehead atoms. The summed E-state index contributed by atoms with van der Waals surface area (Å²) < 4.78 is 0. The predicted molar refractivity (Wildman–Crippen MR) is 43.2 cm³/mol. The summed E-state index contributed by atoms with van der Waals surface area (Å²) in [5.41, 5.74) is -0.234. The SMILES string of the molecule is CC(C)(C)C(=O)CC1CC1O. The lowest BCUT2D eigenvalue weighted by molar-refractivity contribution is -0.126. The Bertz CT molecular complexity index is 167. The molecule has 11 heavy (non-hydrogen) atoms.